The fraction of sp³-hybridized carbons (Fsp3) is 0.417. The van der Waals surface area contributed by atoms with E-state index in [-0.39, 0.29) is 11.6 Å². The van der Waals surface area contributed by atoms with Crippen LogP contribution in [0, 0.1) is 17.5 Å². The highest BCUT2D eigenvalue weighted by molar-refractivity contribution is 5.81. The van der Waals surface area contributed by atoms with Crippen molar-refractivity contribution in [2.24, 2.45) is 5.73 Å². The molecule has 3 N–H and O–H groups in total. The molecule has 2 atom stereocenters. The van der Waals surface area contributed by atoms with Crippen molar-refractivity contribution in [3.63, 3.8) is 0 Å². The molecule has 2 unspecified atom stereocenters. The molecular weight excluding hydrogens is 245 g/mol. The van der Waals surface area contributed by atoms with E-state index >= 15 is 0 Å². The molecule has 1 amide bonds. The third-order valence-corrected chi connectivity index (χ3v) is 2.70. The van der Waals surface area contributed by atoms with E-state index in [4.69, 9.17) is 5.73 Å². The molecule has 100 valence electrons. The normalized spacial score (nSPS) is 14.3. The van der Waals surface area contributed by atoms with Crippen molar-refractivity contribution in [3.05, 3.63) is 35.1 Å². The maximum absolute atomic E-state index is 13.5. The Morgan fingerprint density at radius 3 is 2.33 bits per heavy atom. The van der Waals surface area contributed by atoms with Crippen molar-refractivity contribution >= 4 is 5.91 Å². The van der Waals surface area contributed by atoms with Gasteiger partial charge in [-0.3, -0.25) is 10.1 Å². The summed E-state index contributed by atoms with van der Waals surface area (Å²) in [4.78, 5) is 11.3. The zero-order chi connectivity index (χ0) is 13.9. The third kappa shape index (κ3) is 3.22. The number of nitrogens with two attached hydrogens (primary N) is 1. The minimum absolute atomic E-state index is 0.116. The van der Waals surface area contributed by atoms with Gasteiger partial charge in [0.15, 0.2) is 11.6 Å². The maximum atomic E-state index is 13.5. The summed E-state index contributed by atoms with van der Waals surface area (Å²) in [5, 5.41) is 2.77. The van der Waals surface area contributed by atoms with Gasteiger partial charge in [0.1, 0.15) is 11.9 Å². The van der Waals surface area contributed by atoms with Gasteiger partial charge in [-0.15, -0.1) is 0 Å². The smallest absolute Gasteiger partial charge is 0.239 e. The topological polar surface area (TPSA) is 55.1 Å². The number of halogens is 3. The van der Waals surface area contributed by atoms with Crippen LogP contribution in [0.1, 0.15) is 31.9 Å². The van der Waals surface area contributed by atoms with Crippen LogP contribution in [0.3, 0.4) is 0 Å². The number of primary amides is 1. The van der Waals surface area contributed by atoms with E-state index in [1.807, 2.05) is 6.92 Å². The van der Waals surface area contributed by atoms with E-state index in [0.29, 0.717) is 18.6 Å². The summed E-state index contributed by atoms with van der Waals surface area (Å²) in [6, 6.07) is -0.251. The van der Waals surface area contributed by atoms with Crippen LogP contribution < -0.4 is 11.1 Å². The van der Waals surface area contributed by atoms with Crippen LogP contribution in [0.25, 0.3) is 0 Å². The molecule has 6 heteroatoms. The molecule has 0 fully saturated rings. The summed E-state index contributed by atoms with van der Waals surface area (Å²) in [7, 11) is 0. The number of carbonyl (C=O) groups is 1. The average molecular weight is 260 g/mol. The third-order valence-electron chi connectivity index (χ3n) is 2.70. The van der Waals surface area contributed by atoms with Crippen LogP contribution in [0.15, 0.2) is 12.1 Å². The molecule has 0 bridgehead atoms. The Morgan fingerprint density at radius 2 is 1.83 bits per heavy atom. The molecule has 3 nitrogen and oxygen atoms in total. The Hall–Kier alpha value is -1.56. The Balaban J connectivity index is 3.14. The van der Waals surface area contributed by atoms with Crippen molar-refractivity contribution < 1.29 is 18.0 Å². The van der Waals surface area contributed by atoms with Crippen LogP contribution in [-0.2, 0) is 4.79 Å². The van der Waals surface area contributed by atoms with Crippen molar-refractivity contribution in [2.75, 3.05) is 0 Å². The molecule has 0 saturated carbocycles. The average Bonchev–Trinajstić information content (AvgIpc) is 2.30. The van der Waals surface area contributed by atoms with Crippen LogP contribution in [0.5, 0.6) is 0 Å². The molecule has 0 aliphatic heterocycles. The second-order valence-corrected chi connectivity index (χ2v) is 4.10. The van der Waals surface area contributed by atoms with E-state index in [1.165, 1.54) is 0 Å². The number of rotatable bonds is 5. The standard InChI is InChI=1S/C12H15F3N2O/c1-3-6(2)17-11(12(16)18)7-4-9(14)10(15)5-8(7)13/h4-6,11,17H,3H2,1-2H3,(H2,16,18). The lowest BCUT2D eigenvalue weighted by Gasteiger charge is -2.20. The molecule has 1 aromatic carbocycles. The molecule has 0 spiro atoms. The zero-order valence-corrected chi connectivity index (χ0v) is 10.1. The Labute approximate surface area is 103 Å². The highest BCUT2D eigenvalue weighted by Crippen LogP contribution is 2.21. The first-order valence-electron chi connectivity index (χ1n) is 5.56. The monoisotopic (exact) mass is 260 g/mol. The predicted octanol–water partition coefficient (Wildman–Crippen LogP) is 2.02. The SMILES string of the molecule is CCC(C)NC(C(N)=O)c1cc(F)c(F)cc1F. The van der Waals surface area contributed by atoms with Gasteiger partial charge in [-0.2, -0.15) is 0 Å². The number of amides is 1. The van der Waals surface area contributed by atoms with Crippen LogP contribution in [-0.4, -0.2) is 11.9 Å². The van der Waals surface area contributed by atoms with Gasteiger partial charge >= 0.3 is 0 Å². The van der Waals surface area contributed by atoms with E-state index < -0.39 is 29.4 Å². The molecule has 0 saturated heterocycles. The lowest BCUT2D eigenvalue weighted by atomic mass is 10.0. The fourth-order valence-electron chi connectivity index (χ4n) is 1.49. The van der Waals surface area contributed by atoms with Gasteiger partial charge in [0.2, 0.25) is 5.91 Å². The van der Waals surface area contributed by atoms with E-state index in [2.05, 4.69) is 5.32 Å². The van der Waals surface area contributed by atoms with E-state index in [1.54, 1.807) is 6.92 Å². The number of hydrogen-bond acceptors (Lipinski definition) is 2. The minimum Gasteiger partial charge on any atom is -0.368 e. The van der Waals surface area contributed by atoms with Gasteiger partial charge in [0.05, 0.1) is 0 Å². The lowest BCUT2D eigenvalue weighted by Crippen LogP contribution is -2.39. The molecule has 0 aliphatic carbocycles. The second-order valence-electron chi connectivity index (χ2n) is 4.10. The molecule has 0 aromatic heterocycles. The number of carbonyl (C=O) groups excluding carboxylic acids is 1. The fourth-order valence-corrected chi connectivity index (χ4v) is 1.49. The molecule has 0 aliphatic rings. The lowest BCUT2D eigenvalue weighted by molar-refractivity contribution is -0.120. The minimum atomic E-state index is -1.30. The number of nitrogens with one attached hydrogen (secondary N) is 1. The number of benzene rings is 1. The molecular formula is C12H15F3N2O. The predicted molar refractivity (Wildman–Crippen MR) is 61.1 cm³/mol. The first-order chi connectivity index (χ1) is 8.36. The van der Waals surface area contributed by atoms with E-state index in [9.17, 15) is 18.0 Å². The Bertz CT molecular complexity index is 451. The van der Waals surface area contributed by atoms with Gasteiger partial charge in [-0.1, -0.05) is 6.92 Å². The van der Waals surface area contributed by atoms with E-state index in [0.717, 1.165) is 0 Å². The van der Waals surface area contributed by atoms with Gasteiger partial charge in [0.25, 0.3) is 0 Å². The first-order valence-corrected chi connectivity index (χ1v) is 5.56. The molecule has 18 heavy (non-hydrogen) atoms. The zero-order valence-electron chi connectivity index (χ0n) is 10.1. The maximum Gasteiger partial charge on any atom is 0.239 e. The van der Waals surface area contributed by atoms with Crippen LogP contribution >= 0.6 is 0 Å². The number of hydrogen-bond donors (Lipinski definition) is 2. The van der Waals surface area contributed by atoms with Crippen molar-refractivity contribution in [1.82, 2.24) is 5.32 Å². The van der Waals surface area contributed by atoms with Crippen molar-refractivity contribution in [2.45, 2.75) is 32.4 Å². The van der Waals surface area contributed by atoms with Crippen molar-refractivity contribution in [1.29, 1.82) is 0 Å². The first kappa shape index (κ1) is 14.5. The summed E-state index contributed by atoms with van der Waals surface area (Å²) >= 11 is 0. The Morgan fingerprint density at radius 1 is 1.28 bits per heavy atom. The molecule has 0 heterocycles. The summed E-state index contributed by atoms with van der Waals surface area (Å²) < 4.78 is 39.4. The highest BCUT2D eigenvalue weighted by Gasteiger charge is 2.24. The van der Waals surface area contributed by atoms with Crippen LogP contribution in [0.4, 0.5) is 13.2 Å². The summed E-state index contributed by atoms with van der Waals surface area (Å²) in [6.45, 7) is 3.63. The summed E-state index contributed by atoms with van der Waals surface area (Å²) in [5.74, 6) is -4.37. The largest absolute Gasteiger partial charge is 0.368 e. The molecule has 1 rings (SSSR count). The Kier molecular flexibility index (Phi) is 4.72. The second kappa shape index (κ2) is 5.86. The van der Waals surface area contributed by atoms with Crippen molar-refractivity contribution in [3.8, 4) is 0 Å². The van der Waals surface area contributed by atoms with Gasteiger partial charge < -0.3 is 5.73 Å². The quantitative estimate of drug-likeness (QED) is 0.796. The summed E-state index contributed by atoms with van der Waals surface area (Å²) in [5.41, 5.74) is 4.85. The van der Waals surface area contributed by atoms with Crippen LogP contribution in [0.2, 0.25) is 0 Å². The highest BCUT2D eigenvalue weighted by atomic mass is 19.2. The van der Waals surface area contributed by atoms with Gasteiger partial charge in [-0.05, 0) is 19.4 Å². The molecule has 0 radical (unpaired) electrons. The molecule has 1 aromatic rings. The van der Waals surface area contributed by atoms with Gasteiger partial charge in [0, 0.05) is 17.7 Å². The summed E-state index contributed by atoms with van der Waals surface area (Å²) in [6.07, 6.45) is 0.676. The van der Waals surface area contributed by atoms with Gasteiger partial charge in [-0.25, -0.2) is 13.2 Å².